The molecule has 1 aliphatic rings. The Labute approximate surface area is 105 Å². The topological polar surface area (TPSA) is 63.4 Å². The molecule has 1 heterocycles. The highest BCUT2D eigenvalue weighted by Crippen LogP contribution is 2.27. The van der Waals surface area contributed by atoms with Gasteiger partial charge in [0, 0.05) is 15.7 Å². The predicted octanol–water partition coefficient (Wildman–Crippen LogP) is 2.23. The van der Waals surface area contributed by atoms with Crippen LogP contribution in [0.15, 0.2) is 22.7 Å². The standard InChI is InChI=1S/C10H9BrN2O2S/c11-7-2-1-3-8(12)6(7)4-13-9(14)5-16-10(13)15/h1-3H,4-5,12H2. The molecule has 6 heteroatoms. The zero-order valence-corrected chi connectivity index (χ0v) is 10.7. The van der Waals surface area contributed by atoms with Crippen molar-refractivity contribution in [1.82, 2.24) is 4.90 Å². The first-order valence-electron chi connectivity index (χ1n) is 4.59. The number of imide groups is 1. The lowest BCUT2D eigenvalue weighted by Crippen LogP contribution is -2.28. The maximum atomic E-state index is 11.4. The number of nitrogen functional groups attached to an aromatic ring is 1. The van der Waals surface area contributed by atoms with Crippen LogP contribution in [0.1, 0.15) is 5.56 Å². The van der Waals surface area contributed by atoms with E-state index in [0.29, 0.717) is 5.69 Å². The third kappa shape index (κ3) is 2.08. The molecule has 16 heavy (non-hydrogen) atoms. The van der Waals surface area contributed by atoms with E-state index in [1.54, 1.807) is 6.07 Å². The fourth-order valence-corrected chi connectivity index (χ4v) is 2.67. The van der Waals surface area contributed by atoms with Crippen LogP contribution in [0.4, 0.5) is 10.5 Å². The number of halogens is 1. The highest BCUT2D eigenvalue weighted by Gasteiger charge is 2.30. The van der Waals surface area contributed by atoms with Crippen molar-refractivity contribution in [3.05, 3.63) is 28.2 Å². The van der Waals surface area contributed by atoms with Gasteiger partial charge in [-0.1, -0.05) is 33.8 Å². The second-order valence-electron chi connectivity index (χ2n) is 3.34. The van der Waals surface area contributed by atoms with Gasteiger partial charge in [0.25, 0.3) is 5.24 Å². The number of nitrogens with two attached hydrogens (primary N) is 1. The number of nitrogens with zero attached hydrogens (tertiary/aromatic N) is 1. The van der Waals surface area contributed by atoms with Gasteiger partial charge in [0.1, 0.15) is 0 Å². The summed E-state index contributed by atoms with van der Waals surface area (Å²) in [6.07, 6.45) is 0. The minimum Gasteiger partial charge on any atom is -0.398 e. The van der Waals surface area contributed by atoms with E-state index in [2.05, 4.69) is 15.9 Å². The van der Waals surface area contributed by atoms with Gasteiger partial charge in [0.15, 0.2) is 0 Å². The third-order valence-electron chi connectivity index (χ3n) is 2.31. The molecule has 4 nitrogen and oxygen atoms in total. The normalized spacial score (nSPS) is 15.9. The fraction of sp³-hybridized carbons (Fsp3) is 0.200. The average Bonchev–Trinajstić information content (AvgIpc) is 2.54. The van der Waals surface area contributed by atoms with Crippen molar-refractivity contribution in [3.63, 3.8) is 0 Å². The van der Waals surface area contributed by atoms with Crippen molar-refractivity contribution in [2.75, 3.05) is 11.5 Å². The van der Waals surface area contributed by atoms with Crippen LogP contribution in [0.25, 0.3) is 0 Å². The van der Waals surface area contributed by atoms with E-state index in [-0.39, 0.29) is 23.4 Å². The Morgan fingerprint density at radius 2 is 2.19 bits per heavy atom. The smallest absolute Gasteiger partial charge is 0.289 e. The van der Waals surface area contributed by atoms with Crippen molar-refractivity contribution in [1.29, 1.82) is 0 Å². The van der Waals surface area contributed by atoms with E-state index >= 15 is 0 Å². The minimum atomic E-state index is -0.208. The molecule has 0 bridgehead atoms. The van der Waals surface area contributed by atoms with E-state index in [1.807, 2.05) is 12.1 Å². The second-order valence-corrected chi connectivity index (χ2v) is 5.12. The van der Waals surface area contributed by atoms with Crippen LogP contribution < -0.4 is 5.73 Å². The monoisotopic (exact) mass is 300 g/mol. The van der Waals surface area contributed by atoms with Gasteiger partial charge in [-0.3, -0.25) is 14.5 Å². The highest BCUT2D eigenvalue weighted by molar-refractivity contribution is 9.10. The zero-order chi connectivity index (χ0) is 11.7. The summed E-state index contributed by atoms with van der Waals surface area (Å²) in [5.41, 5.74) is 7.15. The summed E-state index contributed by atoms with van der Waals surface area (Å²) >= 11 is 4.38. The lowest BCUT2D eigenvalue weighted by atomic mass is 10.2. The van der Waals surface area contributed by atoms with Crippen molar-refractivity contribution in [2.24, 2.45) is 0 Å². The van der Waals surface area contributed by atoms with Crippen molar-refractivity contribution >= 4 is 44.5 Å². The summed E-state index contributed by atoms with van der Waals surface area (Å²) in [5, 5.41) is -0.208. The summed E-state index contributed by atoms with van der Waals surface area (Å²) in [6.45, 7) is 0.234. The van der Waals surface area contributed by atoms with Gasteiger partial charge in [0.05, 0.1) is 12.3 Å². The van der Waals surface area contributed by atoms with Crippen LogP contribution >= 0.6 is 27.7 Å². The quantitative estimate of drug-likeness (QED) is 0.851. The van der Waals surface area contributed by atoms with Gasteiger partial charge >= 0.3 is 0 Å². The molecule has 2 amide bonds. The largest absolute Gasteiger partial charge is 0.398 e. The number of benzene rings is 1. The van der Waals surface area contributed by atoms with Crippen LogP contribution in [-0.4, -0.2) is 21.8 Å². The minimum absolute atomic E-state index is 0.162. The van der Waals surface area contributed by atoms with E-state index < -0.39 is 0 Å². The summed E-state index contributed by atoms with van der Waals surface area (Å²) < 4.78 is 0.810. The molecule has 0 unspecified atom stereocenters. The Hall–Kier alpha value is -1.01. The lowest BCUT2D eigenvalue weighted by molar-refractivity contribution is -0.125. The average molecular weight is 301 g/mol. The third-order valence-corrected chi connectivity index (χ3v) is 3.91. The molecule has 2 N–H and O–H groups in total. The van der Waals surface area contributed by atoms with Gasteiger partial charge in [-0.2, -0.15) is 0 Å². The number of anilines is 1. The number of thioether (sulfide) groups is 1. The summed E-state index contributed by atoms with van der Waals surface area (Å²) in [7, 11) is 0. The second kappa shape index (κ2) is 4.47. The maximum Gasteiger partial charge on any atom is 0.289 e. The van der Waals surface area contributed by atoms with E-state index in [4.69, 9.17) is 5.73 Å². The number of hydrogen-bond acceptors (Lipinski definition) is 4. The van der Waals surface area contributed by atoms with E-state index in [9.17, 15) is 9.59 Å². The molecule has 1 fully saturated rings. The lowest BCUT2D eigenvalue weighted by Gasteiger charge is -2.15. The molecule has 84 valence electrons. The number of rotatable bonds is 2. The molecule has 0 aliphatic carbocycles. The number of carbonyl (C=O) groups excluding carboxylic acids is 2. The molecule has 0 aromatic heterocycles. The first-order chi connectivity index (χ1) is 7.59. The van der Waals surface area contributed by atoms with Crippen molar-refractivity contribution in [3.8, 4) is 0 Å². The Kier molecular flexibility index (Phi) is 3.20. The van der Waals surface area contributed by atoms with Crippen LogP contribution in [0.2, 0.25) is 0 Å². The first kappa shape index (κ1) is 11.5. The Morgan fingerprint density at radius 3 is 2.75 bits per heavy atom. The fourth-order valence-electron chi connectivity index (χ4n) is 1.43. The van der Waals surface area contributed by atoms with Crippen LogP contribution in [0.5, 0.6) is 0 Å². The molecule has 1 saturated heterocycles. The van der Waals surface area contributed by atoms with Gasteiger partial charge in [-0.05, 0) is 12.1 Å². The van der Waals surface area contributed by atoms with Crippen molar-refractivity contribution in [2.45, 2.75) is 6.54 Å². The molecular formula is C10H9BrN2O2S. The van der Waals surface area contributed by atoms with Gasteiger partial charge in [0.2, 0.25) is 5.91 Å². The SMILES string of the molecule is Nc1cccc(Br)c1CN1C(=O)CSC1=O. The van der Waals surface area contributed by atoms with Gasteiger partial charge in [-0.25, -0.2) is 0 Å². The molecular weight excluding hydrogens is 292 g/mol. The predicted molar refractivity (Wildman–Crippen MR) is 67.0 cm³/mol. The number of carbonyl (C=O) groups is 2. The van der Waals surface area contributed by atoms with E-state index in [1.165, 1.54) is 4.90 Å². The van der Waals surface area contributed by atoms with Crippen LogP contribution in [0, 0.1) is 0 Å². The summed E-state index contributed by atoms with van der Waals surface area (Å²) in [4.78, 5) is 24.1. The highest BCUT2D eigenvalue weighted by atomic mass is 79.9. The Bertz CT molecular complexity index is 428. The molecule has 1 aliphatic heterocycles. The molecule has 0 radical (unpaired) electrons. The van der Waals surface area contributed by atoms with Gasteiger partial charge < -0.3 is 5.73 Å². The molecule has 0 atom stereocenters. The number of amides is 2. The van der Waals surface area contributed by atoms with Crippen molar-refractivity contribution < 1.29 is 9.59 Å². The van der Waals surface area contributed by atoms with E-state index in [0.717, 1.165) is 21.8 Å². The maximum absolute atomic E-state index is 11.4. The Morgan fingerprint density at radius 1 is 1.44 bits per heavy atom. The van der Waals surface area contributed by atoms with Gasteiger partial charge in [-0.15, -0.1) is 0 Å². The number of hydrogen-bond donors (Lipinski definition) is 1. The van der Waals surface area contributed by atoms with Crippen LogP contribution in [0.3, 0.4) is 0 Å². The molecule has 1 aromatic carbocycles. The molecule has 1 aromatic rings. The molecule has 2 rings (SSSR count). The molecule has 0 saturated carbocycles. The molecule has 0 spiro atoms. The zero-order valence-electron chi connectivity index (χ0n) is 8.27. The van der Waals surface area contributed by atoms with Crippen LogP contribution in [-0.2, 0) is 11.3 Å². The first-order valence-corrected chi connectivity index (χ1v) is 6.37. The summed E-state index contributed by atoms with van der Waals surface area (Å²) in [6, 6.07) is 5.40. The Balaban J connectivity index is 2.27. The summed E-state index contributed by atoms with van der Waals surface area (Å²) in [5.74, 6) is 0.0635.